The van der Waals surface area contributed by atoms with Gasteiger partial charge < -0.3 is 9.84 Å². The summed E-state index contributed by atoms with van der Waals surface area (Å²) in [6, 6.07) is 3.50. The van der Waals surface area contributed by atoms with Crippen LogP contribution in [0.25, 0.3) is 0 Å². The molecular weight excluding hydrogens is 228 g/mol. The molecule has 16 heavy (non-hydrogen) atoms. The van der Waals surface area contributed by atoms with Crippen LogP contribution in [0.2, 0.25) is 5.02 Å². The zero-order valence-corrected chi connectivity index (χ0v) is 10.3. The molecule has 1 atom stereocenters. The molecule has 1 aromatic rings. The van der Waals surface area contributed by atoms with Gasteiger partial charge in [0.2, 0.25) is 0 Å². The minimum absolute atomic E-state index is 0.427. The summed E-state index contributed by atoms with van der Waals surface area (Å²) in [5.41, 5.74) is 1.77. The summed E-state index contributed by atoms with van der Waals surface area (Å²) in [7, 11) is 0. The van der Waals surface area contributed by atoms with Gasteiger partial charge in [0, 0.05) is 5.02 Å². The summed E-state index contributed by atoms with van der Waals surface area (Å²) in [6.45, 7) is 5.50. The van der Waals surface area contributed by atoms with Gasteiger partial charge in [-0.25, -0.2) is 4.79 Å². The molecule has 0 aliphatic carbocycles. The van der Waals surface area contributed by atoms with Gasteiger partial charge in [-0.1, -0.05) is 18.5 Å². The Morgan fingerprint density at radius 3 is 2.31 bits per heavy atom. The second kappa shape index (κ2) is 5.21. The zero-order valence-electron chi connectivity index (χ0n) is 9.58. The van der Waals surface area contributed by atoms with E-state index in [4.69, 9.17) is 21.4 Å². The Labute approximate surface area is 100.0 Å². The first-order valence-electron chi connectivity index (χ1n) is 5.12. The minimum Gasteiger partial charge on any atom is -0.479 e. The molecule has 88 valence electrons. The summed E-state index contributed by atoms with van der Waals surface area (Å²) in [5.74, 6) is -0.401. The normalized spacial score (nSPS) is 12.2. The highest BCUT2D eigenvalue weighted by Crippen LogP contribution is 2.26. The number of hydrogen-bond acceptors (Lipinski definition) is 2. The maximum atomic E-state index is 10.8. The number of carbonyl (C=O) groups is 1. The lowest BCUT2D eigenvalue weighted by Gasteiger charge is -2.15. The molecule has 1 unspecified atom stereocenters. The summed E-state index contributed by atoms with van der Waals surface area (Å²) in [6.07, 6.45) is -0.379. The van der Waals surface area contributed by atoms with Crippen molar-refractivity contribution in [3.05, 3.63) is 28.3 Å². The van der Waals surface area contributed by atoms with E-state index in [2.05, 4.69) is 0 Å². The van der Waals surface area contributed by atoms with Gasteiger partial charge in [0.1, 0.15) is 5.75 Å². The first-order valence-corrected chi connectivity index (χ1v) is 5.49. The second-order valence-corrected chi connectivity index (χ2v) is 4.10. The van der Waals surface area contributed by atoms with Crippen LogP contribution in [0.3, 0.4) is 0 Å². The highest BCUT2D eigenvalue weighted by atomic mass is 35.5. The van der Waals surface area contributed by atoms with E-state index in [1.165, 1.54) is 0 Å². The standard InChI is InChI=1S/C12H15ClO3/c1-4-10(12(14)15)16-9-5-7(2)11(13)8(3)6-9/h5-6,10H,4H2,1-3H3,(H,14,15). The Morgan fingerprint density at radius 1 is 1.44 bits per heavy atom. The molecule has 0 bridgehead atoms. The summed E-state index contributed by atoms with van der Waals surface area (Å²) in [5, 5.41) is 9.57. The van der Waals surface area contributed by atoms with Gasteiger partial charge >= 0.3 is 5.97 Å². The van der Waals surface area contributed by atoms with E-state index < -0.39 is 12.1 Å². The lowest BCUT2D eigenvalue weighted by Crippen LogP contribution is -2.25. The van der Waals surface area contributed by atoms with Gasteiger partial charge in [0.25, 0.3) is 0 Å². The van der Waals surface area contributed by atoms with Crippen LogP contribution in [0.15, 0.2) is 12.1 Å². The number of aliphatic carboxylic acids is 1. The molecule has 1 rings (SSSR count). The molecule has 0 aromatic heterocycles. The van der Waals surface area contributed by atoms with Crippen molar-refractivity contribution in [2.24, 2.45) is 0 Å². The van der Waals surface area contributed by atoms with Gasteiger partial charge in [0.15, 0.2) is 6.10 Å². The van der Waals surface area contributed by atoms with E-state index in [9.17, 15) is 4.79 Å². The van der Waals surface area contributed by atoms with Crippen LogP contribution in [0.1, 0.15) is 24.5 Å². The Bertz CT molecular complexity index is 378. The predicted octanol–water partition coefficient (Wildman–Crippen LogP) is 3.20. The maximum absolute atomic E-state index is 10.8. The molecule has 0 saturated heterocycles. The largest absolute Gasteiger partial charge is 0.479 e. The van der Waals surface area contributed by atoms with Crippen molar-refractivity contribution < 1.29 is 14.6 Å². The molecule has 0 saturated carbocycles. The molecule has 1 N–H and O–H groups in total. The second-order valence-electron chi connectivity index (χ2n) is 3.72. The van der Waals surface area contributed by atoms with Gasteiger partial charge in [-0.2, -0.15) is 0 Å². The Morgan fingerprint density at radius 2 is 1.94 bits per heavy atom. The lowest BCUT2D eigenvalue weighted by atomic mass is 10.1. The van der Waals surface area contributed by atoms with Crippen molar-refractivity contribution in [2.75, 3.05) is 0 Å². The van der Waals surface area contributed by atoms with Crippen LogP contribution in [0.5, 0.6) is 5.75 Å². The van der Waals surface area contributed by atoms with Crippen LogP contribution >= 0.6 is 11.6 Å². The van der Waals surface area contributed by atoms with Crippen LogP contribution in [0.4, 0.5) is 0 Å². The summed E-state index contributed by atoms with van der Waals surface area (Å²) < 4.78 is 5.38. The quantitative estimate of drug-likeness (QED) is 0.882. The molecule has 0 aliphatic heterocycles. The lowest BCUT2D eigenvalue weighted by molar-refractivity contribution is -0.145. The Balaban J connectivity index is 2.93. The maximum Gasteiger partial charge on any atom is 0.344 e. The Kier molecular flexibility index (Phi) is 4.19. The van der Waals surface area contributed by atoms with Crippen LogP contribution < -0.4 is 4.74 Å². The zero-order chi connectivity index (χ0) is 12.3. The van der Waals surface area contributed by atoms with Crippen molar-refractivity contribution in [1.82, 2.24) is 0 Å². The van der Waals surface area contributed by atoms with Gasteiger partial charge in [-0.3, -0.25) is 0 Å². The number of hydrogen-bond donors (Lipinski definition) is 1. The van der Waals surface area contributed by atoms with E-state index >= 15 is 0 Å². The molecule has 4 heteroatoms. The van der Waals surface area contributed by atoms with Gasteiger partial charge in [-0.05, 0) is 43.5 Å². The molecule has 3 nitrogen and oxygen atoms in total. The average Bonchev–Trinajstić information content (AvgIpc) is 2.21. The van der Waals surface area contributed by atoms with Crippen molar-refractivity contribution in [1.29, 1.82) is 0 Å². The first kappa shape index (κ1) is 12.8. The fraction of sp³-hybridized carbons (Fsp3) is 0.417. The number of halogens is 1. The van der Waals surface area contributed by atoms with Crippen molar-refractivity contribution >= 4 is 17.6 Å². The van der Waals surface area contributed by atoms with Gasteiger partial charge in [0.05, 0.1) is 0 Å². The number of carboxylic acid groups (broad SMARTS) is 1. The summed E-state index contributed by atoms with van der Waals surface area (Å²) in [4.78, 5) is 10.8. The van der Waals surface area contributed by atoms with E-state index in [1.54, 1.807) is 19.1 Å². The number of aryl methyl sites for hydroxylation is 2. The number of ether oxygens (including phenoxy) is 1. The van der Waals surface area contributed by atoms with Crippen LogP contribution in [-0.2, 0) is 4.79 Å². The van der Waals surface area contributed by atoms with Crippen molar-refractivity contribution in [2.45, 2.75) is 33.3 Å². The molecular formula is C12H15ClO3. The minimum atomic E-state index is -0.951. The molecule has 0 fully saturated rings. The number of benzene rings is 1. The fourth-order valence-corrected chi connectivity index (χ4v) is 1.56. The van der Waals surface area contributed by atoms with Gasteiger partial charge in [-0.15, -0.1) is 0 Å². The topological polar surface area (TPSA) is 46.5 Å². The molecule has 1 aromatic carbocycles. The highest BCUT2D eigenvalue weighted by molar-refractivity contribution is 6.32. The van der Waals surface area contributed by atoms with E-state index in [-0.39, 0.29) is 0 Å². The van der Waals surface area contributed by atoms with Crippen LogP contribution in [0, 0.1) is 13.8 Å². The predicted molar refractivity (Wildman–Crippen MR) is 63.3 cm³/mol. The van der Waals surface area contributed by atoms with E-state index in [0.717, 1.165) is 11.1 Å². The third-order valence-electron chi connectivity index (χ3n) is 2.33. The fourth-order valence-electron chi connectivity index (χ4n) is 1.45. The van der Waals surface area contributed by atoms with Crippen molar-refractivity contribution in [3.63, 3.8) is 0 Å². The highest BCUT2D eigenvalue weighted by Gasteiger charge is 2.17. The molecule has 0 amide bonds. The number of carboxylic acids is 1. The average molecular weight is 243 g/mol. The Hall–Kier alpha value is -1.22. The van der Waals surface area contributed by atoms with Crippen LogP contribution in [-0.4, -0.2) is 17.2 Å². The molecule has 0 radical (unpaired) electrons. The third-order valence-corrected chi connectivity index (χ3v) is 2.93. The third kappa shape index (κ3) is 2.89. The SMILES string of the molecule is CCC(Oc1cc(C)c(Cl)c(C)c1)C(=O)O. The summed E-state index contributed by atoms with van der Waals surface area (Å²) >= 11 is 6.01. The monoisotopic (exact) mass is 242 g/mol. The van der Waals surface area contributed by atoms with Crippen molar-refractivity contribution in [3.8, 4) is 5.75 Å². The molecule has 0 spiro atoms. The smallest absolute Gasteiger partial charge is 0.344 e. The molecule has 0 aliphatic rings. The number of rotatable bonds is 4. The van der Waals surface area contributed by atoms with E-state index in [0.29, 0.717) is 17.2 Å². The molecule has 0 heterocycles. The van der Waals surface area contributed by atoms with E-state index in [1.807, 2.05) is 13.8 Å². The first-order chi connectivity index (χ1) is 7.45.